The van der Waals surface area contributed by atoms with Gasteiger partial charge in [0.2, 0.25) is 11.8 Å². The number of hydrogen-bond donors (Lipinski definition) is 1. The molecule has 4 unspecified atom stereocenters. The molecule has 0 spiro atoms. The normalized spacial score (nSPS) is 26.2. The number of methoxy groups -OCH3 is 1. The number of nitrogens with zero attached hydrogens (tertiary/aromatic N) is 1. The number of rotatable bonds is 3. The summed E-state index contributed by atoms with van der Waals surface area (Å²) in [5.41, 5.74) is 3.41. The second-order valence-corrected chi connectivity index (χ2v) is 11.0. The number of phenolic OH excluding ortho intramolecular Hbond substituents is 1. The zero-order valence-electron chi connectivity index (χ0n) is 21.7. The van der Waals surface area contributed by atoms with Gasteiger partial charge in [0.05, 0.1) is 24.6 Å². The van der Waals surface area contributed by atoms with Crippen molar-refractivity contribution in [3.63, 3.8) is 0 Å². The molecule has 39 heavy (non-hydrogen) atoms. The average molecular weight is 544 g/mol. The molecule has 2 aromatic rings. The fraction of sp³-hybridized carbons (Fsp3) is 0.290. The van der Waals surface area contributed by atoms with E-state index in [4.69, 9.17) is 16.3 Å². The Hall–Kier alpha value is -3.97. The summed E-state index contributed by atoms with van der Waals surface area (Å²) in [5, 5.41) is 11.4. The first-order valence-electron chi connectivity index (χ1n) is 12.8. The number of Topliss-reactive ketones (excluding diaryl/α,β-unsaturated/α-hetero) is 1. The first-order chi connectivity index (χ1) is 18.6. The van der Waals surface area contributed by atoms with E-state index >= 15 is 0 Å². The summed E-state index contributed by atoms with van der Waals surface area (Å²) in [7, 11) is 1.51. The van der Waals surface area contributed by atoms with Gasteiger partial charge in [0, 0.05) is 33.2 Å². The van der Waals surface area contributed by atoms with Crippen molar-refractivity contribution in [2.75, 3.05) is 12.0 Å². The molecule has 1 N–H and O–H groups in total. The van der Waals surface area contributed by atoms with Gasteiger partial charge in [0.1, 0.15) is 11.5 Å². The molecule has 1 aliphatic heterocycles. The highest BCUT2D eigenvalue weighted by Gasteiger charge is 2.56. The SMILES string of the molecule is COc1ccc(O)c(C2C3=CCC4C(=O)N(c5ccc(C)c(Cl)c5)C(=O)C4C3CC3=C2C(=O)C=C(C)C3=O)c1. The summed E-state index contributed by atoms with van der Waals surface area (Å²) in [4.78, 5) is 55.5. The van der Waals surface area contributed by atoms with Crippen LogP contribution >= 0.6 is 11.6 Å². The van der Waals surface area contributed by atoms with Gasteiger partial charge in [-0.25, -0.2) is 4.90 Å². The number of allylic oxidation sites excluding steroid dienone is 6. The number of imide groups is 1. The predicted octanol–water partition coefficient (Wildman–Crippen LogP) is 5.00. The number of ketones is 2. The lowest BCUT2D eigenvalue weighted by molar-refractivity contribution is -0.123. The van der Waals surface area contributed by atoms with Gasteiger partial charge in [-0.3, -0.25) is 19.2 Å². The molecular formula is C31H26ClNO6. The monoisotopic (exact) mass is 543 g/mol. The maximum atomic E-state index is 14.0. The van der Waals surface area contributed by atoms with Gasteiger partial charge < -0.3 is 9.84 Å². The van der Waals surface area contributed by atoms with Crippen molar-refractivity contribution in [2.24, 2.45) is 17.8 Å². The van der Waals surface area contributed by atoms with Crippen LogP contribution in [0.5, 0.6) is 11.5 Å². The van der Waals surface area contributed by atoms with Crippen LogP contribution in [0.2, 0.25) is 5.02 Å². The van der Waals surface area contributed by atoms with E-state index in [1.807, 2.05) is 13.0 Å². The molecule has 6 rings (SSSR count). The fourth-order valence-electron chi connectivity index (χ4n) is 6.60. The van der Waals surface area contributed by atoms with Crippen LogP contribution in [0.15, 0.2) is 70.8 Å². The zero-order chi connectivity index (χ0) is 27.7. The number of aromatic hydroxyl groups is 1. The number of benzene rings is 2. The lowest BCUT2D eigenvalue weighted by Gasteiger charge is -2.42. The van der Waals surface area contributed by atoms with Crippen molar-refractivity contribution < 1.29 is 29.0 Å². The summed E-state index contributed by atoms with van der Waals surface area (Å²) >= 11 is 6.32. The van der Waals surface area contributed by atoms with Crippen LogP contribution in [0.1, 0.15) is 36.8 Å². The van der Waals surface area contributed by atoms with E-state index < -0.39 is 23.7 Å². The number of halogens is 1. The van der Waals surface area contributed by atoms with Crippen molar-refractivity contribution in [1.29, 1.82) is 0 Å². The van der Waals surface area contributed by atoms with E-state index in [-0.39, 0.29) is 35.6 Å². The number of fused-ring (bicyclic) bond motifs is 3. The van der Waals surface area contributed by atoms with E-state index in [0.29, 0.717) is 45.2 Å². The Morgan fingerprint density at radius 1 is 1.00 bits per heavy atom. The molecule has 1 fully saturated rings. The largest absolute Gasteiger partial charge is 0.508 e. The molecule has 2 amide bonds. The van der Waals surface area contributed by atoms with Gasteiger partial charge in [-0.1, -0.05) is 29.3 Å². The number of ether oxygens (including phenoxy) is 1. The number of carbonyl (C=O) groups excluding carboxylic acids is 4. The summed E-state index contributed by atoms with van der Waals surface area (Å²) in [6.45, 7) is 3.44. The highest BCUT2D eigenvalue weighted by molar-refractivity contribution is 6.32. The van der Waals surface area contributed by atoms with Crippen LogP contribution in [0.4, 0.5) is 5.69 Å². The van der Waals surface area contributed by atoms with Crippen molar-refractivity contribution in [3.8, 4) is 11.5 Å². The maximum absolute atomic E-state index is 14.0. The minimum Gasteiger partial charge on any atom is -0.508 e. The maximum Gasteiger partial charge on any atom is 0.238 e. The van der Waals surface area contributed by atoms with Gasteiger partial charge in [0.15, 0.2) is 11.6 Å². The zero-order valence-corrected chi connectivity index (χ0v) is 22.4. The molecule has 4 aliphatic rings. The summed E-state index contributed by atoms with van der Waals surface area (Å²) in [6.07, 6.45) is 3.72. The van der Waals surface area contributed by atoms with Crippen LogP contribution in [0.25, 0.3) is 0 Å². The Morgan fingerprint density at radius 3 is 2.49 bits per heavy atom. The lowest BCUT2D eigenvalue weighted by atomic mass is 9.59. The number of phenols is 1. The van der Waals surface area contributed by atoms with Crippen LogP contribution in [-0.4, -0.2) is 35.6 Å². The summed E-state index contributed by atoms with van der Waals surface area (Å²) in [6, 6.07) is 9.86. The first kappa shape index (κ1) is 25.3. The van der Waals surface area contributed by atoms with Gasteiger partial charge >= 0.3 is 0 Å². The second-order valence-electron chi connectivity index (χ2n) is 10.6. The van der Waals surface area contributed by atoms with Crippen LogP contribution in [-0.2, 0) is 19.2 Å². The third-order valence-electron chi connectivity index (χ3n) is 8.52. The van der Waals surface area contributed by atoms with Gasteiger partial charge in [-0.05, 0) is 74.6 Å². The van der Waals surface area contributed by atoms with Crippen molar-refractivity contribution in [3.05, 3.63) is 87.0 Å². The quantitative estimate of drug-likeness (QED) is 0.332. The number of amides is 2. The van der Waals surface area contributed by atoms with E-state index in [1.54, 1.807) is 37.3 Å². The topological polar surface area (TPSA) is 101 Å². The molecule has 8 heteroatoms. The molecule has 0 aromatic heterocycles. The molecule has 3 aliphatic carbocycles. The highest BCUT2D eigenvalue weighted by atomic mass is 35.5. The molecule has 2 aromatic carbocycles. The number of aryl methyl sites for hydroxylation is 1. The fourth-order valence-corrected chi connectivity index (χ4v) is 6.78. The lowest BCUT2D eigenvalue weighted by Crippen LogP contribution is -2.39. The van der Waals surface area contributed by atoms with Gasteiger partial charge in [0.25, 0.3) is 0 Å². The molecule has 198 valence electrons. The Morgan fingerprint density at radius 2 is 1.77 bits per heavy atom. The van der Waals surface area contributed by atoms with Crippen LogP contribution < -0.4 is 9.64 Å². The third-order valence-corrected chi connectivity index (χ3v) is 8.93. The van der Waals surface area contributed by atoms with Crippen molar-refractivity contribution >= 4 is 40.7 Å². The first-order valence-corrected chi connectivity index (χ1v) is 13.2. The molecule has 0 radical (unpaired) electrons. The van der Waals surface area contributed by atoms with Crippen LogP contribution in [0.3, 0.4) is 0 Å². The minimum absolute atomic E-state index is 0.0485. The van der Waals surface area contributed by atoms with E-state index in [1.165, 1.54) is 24.2 Å². The molecule has 7 nitrogen and oxygen atoms in total. The minimum atomic E-state index is -0.749. The van der Waals surface area contributed by atoms with Crippen molar-refractivity contribution in [1.82, 2.24) is 0 Å². The number of hydrogen-bond acceptors (Lipinski definition) is 6. The second kappa shape index (κ2) is 9.06. The third kappa shape index (κ3) is 3.71. The Bertz CT molecular complexity index is 1600. The van der Waals surface area contributed by atoms with Crippen LogP contribution in [0, 0.1) is 24.7 Å². The summed E-state index contributed by atoms with van der Waals surface area (Å²) < 4.78 is 5.39. The molecule has 1 saturated heterocycles. The Labute approximate surface area is 230 Å². The smallest absolute Gasteiger partial charge is 0.238 e. The average Bonchev–Trinajstić information content (AvgIpc) is 3.18. The van der Waals surface area contributed by atoms with E-state index in [2.05, 4.69) is 0 Å². The Kier molecular flexibility index (Phi) is 5.88. The Balaban J connectivity index is 1.50. The van der Waals surface area contributed by atoms with E-state index in [9.17, 15) is 24.3 Å². The standard InChI is InChI=1S/C31H26ClNO6/c1-14-4-5-16(11-23(14)32)33-30(37)19-8-7-18-20(27(19)31(33)38)13-22-28(25(35)10-15(2)29(22)36)26(18)21-12-17(39-3)6-9-24(21)34/h4-7,9-12,19-20,26-27,34H,8,13H2,1-3H3. The molecule has 4 atom stereocenters. The predicted molar refractivity (Wildman–Crippen MR) is 145 cm³/mol. The van der Waals surface area contributed by atoms with E-state index in [0.717, 1.165) is 11.1 Å². The molecule has 0 saturated carbocycles. The molecule has 0 bridgehead atoms. The molecule has 1 heterocycles. The number of anilines is 1. The number of carbonyl (C=O) groups is 4. The van der Waals surface area contributed by atoms with Gasteiger partial charge in [-0.2, -0.15) is 0 Å². The molecular weight excluding hydrogens is 518 g/mol. The van der Waals surface area contributed by atoms with Gasteiger partial charge in [-0.15, -0.1) is 0 Å². The summed E-state index contributed by atoms with van der Waals surface area (Å²) in [5.74, 6) is -3.31. The van der Waals surface area contributed by atoms with Crippen molar-refractivity contribution in [2.45, 2.75) is 32.6 Å². The highest BCUT2D eigenvalue weighted by Crippen LogP contribution is 2.56.